The van der Waals surface area contributed by atoms with Crippen LogP contribution in [0.5, 0.6) is 0 Å². The number of amides is 1. The Balaban J connectivity index is 0.00000264. The van der Waals surface area contributed by atoms with E-state index in [9.17, 15) is 4.79 Å². The average molecular weight is 374 g/mol. The second-order valence-corrected chi connectivity index (χ2v) is 6.81. The standard InChI is InChI=1S/C16H20ClN3OS.ClH/c1-9(8-18)15(21)19-10(2)14-11(3)20-16(22-14)12-4-6-13(17)7-5-12;/h4-7,9-10H,8,18H2,1-3H3,(H,19,21);1H. The maximum absolute atomic E-state index is 12.0. The number of carbonyl (C=O) groups is 1. The third-order valence-electron chi connectivity index (χ3n) is 3.48. The fourth-order valence-electron chi connectivity index (χ4n) is 2.05. The van der Waals surface area contributed by atoms with Gasteiger partial charge in [0.2, 0.25) is 5.91 Å². The largest absolute Gasteiger partial charge is 0.348 e. The summed E-state index contributed by atoms with van der Waals surface area (Å²) in [4.78, 5) is 17.6. The number of rotatable bonds is 5. The molecule has 2 aromatic rings. The number of nitrogens with two attached hydrogens (primary N) is 1. The lowest BCUT2D eigenvalue weighted by molar-refractivity contribution is -0.124. The van der Waals surface area contributed by atoms with Crippen molar-refractivity contribution in [1.29, 1.82) is 0 Å². The van der Waals surface area contributed by atoms with Gasteiger partial charge in [0.25, 0.3) is 0 Å². The zero-order chi connectivity index (χ0) is 16.3. The number of aryl methyl sites for hydroxylation is 1. The SMILES string of the molecule is Cc1nc(-c2ccc(Cl)cc2)sc1C(C)NC(=O)C(C)CN.Cl. The quantitative estimate of drug-likeness (QED) is 0.832. The summed E-state index contributed by atoms with van der Waals surface area (Å²) in [6.07, 6.45) is 0. The minimum absolute atomic E-state index is 0. The first-order chi connectivity index (χ1) is 10.4. The molecule has 2 atom stereocenters. The van der Waals surface area contributed by atoms with Crippen LogP contribution in [0.25, 0.3) is 10.6 Å². The van der Waals surface area contributed by atoms with Crippen LogP contribution in [0.2, 0.25) is 5.02 Å². The van der Waals surface area contributed by atoms with Crippen LogP contribution >= 0.6 is 35.3 Å². The molecule has 1 aromatic heterocycles. The van der Waals surface area contributed by atoms with E-state index in [1.54, 1.807) is 11.3 Å². The Bertz CT molecular complexity index is 658. The van der Waals surface area contributed by atoms with Crippen molar-refractivity contribution in [3.05, 3.63) is 39.9 Å². The van der Waals surface area contributed by atoms with E-state index in [-0.39, 0.29) is 30.3 Å². The third kappa shape index (κ3) is 4.91. The molecular weight excluding hydrogens is 353 g/mol. The number of nitrogens with one attached hydrogen (secondary N) is 1. The van der Waals surface area contributed by atoms with Gasteiger partial charge in [-0.05, 0) is 26.0 Å². The molecule has 3 N–H and O–H groups in total. The van der Waals surface area contributed by atoms with Crippen molar-refractivity contribution in [2.75, 3.05) is 6.54 Å². The normalized spacial score (nSPS) is 13.1. The lowest BCUT2D eigenvalue weighted by atomic mass is 10.1. The molecule has 0 aliphatic rings. The van der Waals surface area contributed by atoms with Gasteiger partial charge >= 0.3 is 0 Å². The number of carbonyl (C=O) groups excluding carboxylic acids is 1. The molecule has 0 spiro atoms. The van der Waals surface area contributed by atoms with Gasteiger partial charge in [0.15, 0.2) is 0 Å². The van der Waals surface area contributed by atoms with E-state index in [0.717, 1.165) is 21.1 Å². The predicted molar refractivity (Wildman–Crippen MR) is 99.3 cm³/mol. The molecule has 1 heterocycles. The van der Waals surface area contributed by atoms with E-state index in [1.807, 2.05) is 45.0 Å². The van der Waals surface area contributed by atoms with Gasteiger partial charge in [-0.3, -0.25) is 4.79 Å². The van der Waals surface area contributed by atoms with Gasteiger partial charge in [-0.15, -0.1) is 23.7 Å². The molecule has 0 saturated carbocycles. The molecule has 2 rings (SSSR count). The Morgan fingerprint density at radius 1 is 1.35 bits per heavy atom. The molecular formula is C16H21Cl2N3OS. The average Bonchev–Trinajstić information content (AvgIpc) is 2.89. The number of hydrogen-bond acceptors (Lipinski definition) is 4. The monoisotopic (exact) mass is 373 g/mol. The first kappa shape index (κ1) is 19.9. The van der Waals surface area contributed by atoms with E-state index >= 15 is 0 Å². The summed E-state index contributed by atoms with van der Waals surface area (Å²) in [5, 5.41) is 4.62. The first-order valence-electron chi connectivity index (χ1n) is 7.16. The summed E-state index contributed by atoms with van der Waals surface area (Å²) in [7, 11) is 0. The minimum atomic E-state index is -0.189. The molecule has 0 fully saturated rings. The number of nitrogens with zero attached hydrogens (tertiary/aromatic N) is 1. The van der Waals surface area contributed by atoms with E-state index in [4.69, 9.17) is 17.3 Å². The summed E-state index contributed by atoms with van der Waals surface area (Å²) in [5.41, 5.74) is 7.49. The highest BCUT2D eigenvalue weighted by Gasteiger charge is 2.19. The minimum Gasteiger partial charge on any atom is -0.348 e. The van der Waals surface area contributed by atoms with Crippen molar-refractivity contribution in [3.63, 3.8) is 0 Å². The number of benzene rings is 1. The van der Waals surface area contributed by atoms with Crippen LogP contribution in [0.4, 0.5) is 0 Å². The molecule has 0 aliphatic carbocycles. The Kier molecular flexibility index (Phi) is 7.48. The van der Waals surface area contributed by atoms with Gasteiger partial charge in [0.1, 0.15) is 5.01 Å². The number of hydrogen-bond donors (Lipinski definition) is 2. The van der Waals surface area contributed by atoms with E-state index in [1.165, 1.54) is 0 Å². The lowest BCUT2D eigenvalue weighted by Gasteiger charge is -2.15. The van der Waals surface area contributed by atoms with Crippen LogP contribution < -0.4 is 11.1 Å². The van der Waals surface area contributed by atoms with Crippen LogP contribution in [0, 0.1) is 12.8 Å². The van der Waals surface area contributed by atoms with E-state index in [2.05, 4.69) is 10.3 Å². The van der Waals surface area contributed by atoms with Crippen molar-refractivity contribution >= 4 is 41.3 Å². The molecule has 1 amide bonds. The Morgan fingerprint density at radius 2 is 1.96 bits per heavy atom. The van der Waals surface area contributed by atoms with Crippen LogP contribution in [-0.2, 0) is 4.79 Å². The lowest BCUT2D eigenvalue weighted by Crippen LogP contribution is -2.34. The second-order valence-electron chi connectivity index (χ2n) is 5.34. The molecule has 126 valence electrons. The predicted octanol–water partition coefficient (Wildman–Crippen LogP) is 3.97. The third-order valence-corrected chi connectivity index (χ3v) is 5.12. The first-order valence-corrected chi connectivity index (χ1v) is 8.35. The van der Waals surface area contributed by atoms with Crippen molar-refractivity contribution in [2.45, 2.75) is 26.8 Å². The Hall–Kier alpha value is -1.14. The zero-order valence-corrected chi connectivity index (χ0v) is 15.7. The molecule has 23 heavy (non-hydrogen) atoms. The number of halogens is 2. The van der Waals surface area contributed by atoms with Gasteiger partial charge in [-0.1, -0.05) is 30.7 Å². The second kappa shape index (κ2) is 8.64. The van der Waals surface area contributed by atoms with Gasteiger partial charge in [-0.25, -0.2) is 4.98 Å². The van der Waals surface area contributed by atoms with Crippen molar-refractivity contribution in [2.24, 2.45) is 11.7 Å². The molecule has 0 radical (unpaired) electrons. The van der Waals surface area contributed by atoms with E-state index < -0.39 is 0 Å². The highest BCUT2D eigenvalue weighted by atomic mass is 35.5. The smallest absolute Gasteiger partial charge is 0.224 e. The van der Waals surface area contributed by atoms with Crippen molar-refractivity contribution in [3.8, 4) is 10.6 Å². The fraction of sp³-hybridized carbons (Fsp3) is 0.375. The molecule has 1 aromatic carbocycles. The Morgan fingerprint density at radius 3 is 2.52 bits per heavy atom. The highest BCUT2D eigenvalue weighted by Crippen LogP contribution is 2.32. The highest BCUT2D eigenvalue weighted by molar-refractivity contribution is 7.15. The van der Waals surface area contributed by atoms with Crippen LogP contribution in [0.3, 0.4) is 0 Å². The Labute approximate surface area is 151 Å². The van der Waals surface area contributed by atoms with Crippen LogP contribution in [-0.4, -0.2) is 17.4 Å². The number of thiazole rings is 1. The summed E-state index contributed by atoms with van der Waals surface area (Å²) in [6, 6.07) is 7.51. The van der Waals surface area contributed by atoms with Gasteiger partial charge in [0, 0.05) is 23.0 Å². The summed E-state index contributed by atoms with van der Waals surface area (Å²) < 4.78 is 0. The van der Waals surface area contributed by atoms with Crippen molar-refractivity contribution < 1.29 is 4.79 Å². The topological polar surface area (TPSA) is 68.0 Å². The summed E-state index contributed by atoms with van der Waals surface area (Å²) >= 11 is 7.50. The van der Waals surface area contributed by atoms with Gasteiger partial charge in [0.05, 0.1) is 16.6 Å². The number of aromatic nitrogens is 1. The van der Waals surface area contributed by atoms with Crippen LogP contribution in [0.1, 0.15) is 30.5 Å². The van der Waals surface area contributed by atoms with E-state index in [0.29, 0.717) is 11.6 Å². The molecule has 0 bridgehead atoms. The molecule has 0 aliphatic heterocycles. The maximum atomic E-state index is 12.0. The van der Waals surface area contributed by atoms with Gasteiger partial charge < -0.3 is 11.1 Å². The maximum Gasteiger partial charge on any atom is 0.224 e. The van der Waals surface area contributed by atoms with Gasteiger partial charge in [-0.2, -0.15) is 0 Å². The molecule has 4 nitrogen and oxygen atoms in total. The fourth-order valence-corrected chi connectivity index (χ4v) is 3.25. The van der Waals surface area contributed by atoms with Crippen molar-refractivity contribution in [1.82, 2.24) is 10.3 Å². The molecule has 0 saturated heterocycles. The molecule has 2 unspecified atom stereocenters. The van der Waals surface area contributed by atoms with Crippen LogP contribution in [0.15, 0.2) is 24.3 Å². The summed E-state index contributed by atoms with van der Waals surface area (Å²) in [6.45, 7) is 6.09. The molecule has 7 heteroatoms. The summed E-state index contributed by atoms with van der Waals surface area (Å²) in [5.74, 6) is -0.220. The zero-order valence-electron chi connectivity index (χ0n) is 13.3.